The van der Waals surface area contributed by atoms with Crippen molar-refractivity contribution in [2.24, 2.45) is 5.92 Å². The maximum Gasteiger partial charge on any atom is 0.287 e. The van der Waals surface area contributed by atoms with E-state index in [2.05, 4.69) is 11.4 Å². The first-order valence-electron chi connectivity index (χ1n) is 8.34. The number of allylic oxidation sites excluding steroid dienone is 5. The number of Topliss-reactive ketones (excluding diaryl/α,β-unsaturated/α-hetero) is 1. The van der Waals surface area contributed by atoms with E-state index >= 15 is 0 Å². The molecule has 1 aliphatic heterocycles. The molecule has 1 aromatic rings. The van der Waals surface area contributed by atoms with Crippen molar-refractivity contribution >= 4 is 17.4 Å². The van der Waals surface area contributed by atoms with Crippen molar-refractivity contribution in [3.05, 3.63) is 59.2 Å². The van der Waals surface area contributed by atoms with E-state index in [9.17, 15) is 14.7 Å². The van der Waals surface area contributed by atoms with Crippen LogP contribution in [0.25, 0.3) is 5.76 Å². The lowest BCUT2D eigenvalue weighted by molar-refractivity contribution is -0.136. The molecule has 1 amide bonds. The Morgan fingerprint density at radius 1 is 1.32 bits per heavy atom. The van der Waals surface area contributed by atoms with Crippen LogP contribution in [0.1, 0.15) is 24.8 Å². The van der Waals surface area contributed by atoms with Crippen LogP contribution in [-0.4, -0.2) is 30.5 Å². The van der Waals surface area contributed by atoms with Crippen molar-refractivity contribution < 1.29 is 19.4 Å². The summed E-state index contributed by atoms with van der Waals surface area (Å²) in [4.78, 5) is 22.8. The van der Waals surface area contributed by atoms with Gasteiger partial charge in [0.15, 0.2) is 0 Å². The molecule has 1 atom stereocenters. The third-order valence-electron chi connectivity index (χ3n) is 4.62. The van der Waals surface area contributed by atoms with Crippen LogP contribution in [0.3, 0.4) is 0 Å². The first kappa shape index (κ1) is 17.0. The Balaban J connectivity index is 1.63. The van der Waals surface area contributed by atoms with Crippen LogP contribution < -0.4 is 10.1 Å². The molecule has 1 heterocycles. The summed E-state index contributed by atoms with van der Waals surface area (Å²) in [5, 5.41) is 13.1. The monoisotopic (exact) mass is 339 g/mol. The lowest BCUT2D eigenvalue weighted by atomic mass is 9.93. The predicted octanol–water partition coefficient (Wildman–Crippen LogP) is 2.95. The average Bonchev–Trinajstić information content (AvgIpc) is 2.98. The van der Waals surface area contributed by atoms with E-state index in [0.717, 1.165) is 23.1 Å². The Kier molecular flexibility index (Phi) is 5.03. The number of ether oxygens (including phenoxy) is 1. The number of carbonyl (C=O) groups is 2. The number of ketones is 1. The van der Waals surface area contributed by atoms with Gasteiger partial charge in [-0.3, -0.25) is 9.59 Å². The molecular formula is C20H21NO4. The molecule has 0 radical (unpaired) electrons. The van der Waals surface area contributed by atoms with Crippen LogP contribution in [-0.2, 0) is 9.59 Å². The highest BCUT2D eigenvalue weighted by molar-refractivity contribution is 6.38. The standard InChI is InChI=1S/C20H21NO4/c1-25-17-4-2-3-15(11-17)18(22)14-8-5-13(6-9-14)7-10-16-12-21-20(24)19(16)23/h2-6,8,11,16,22H,7,9-10,12H2,1H3,(H,21,24). The van der Waals surface area contributed by atoms with E-state index in [-0.39, 0.29) is 17.5 Å². The molecule has 3 rings (SSSR count). The molecule has 0 spiro atoms. The van der Waals surface area contributed by atoms with Gasteiger partial charge >= 0.3 is 0 Å². The van der Waals surface area contributed by atoms with Crippen LogP contribution in [0.4, 0.5) is 0 Å². The quantitative estimate of drug-likeness (QED) is 0.639. The number of amides is 1. The molecule has 0 bridgehead atoms. The van der Waals surface area contributed by atoms with Gasteiger partial charge in [-0.2, -0.15) is 0 Å². The zero-order chi connectivity index (χ0) is 17.8. The van der Waals surface area contributed by atoms with Gasteiger partial charge in [0.05, 0.1) is 7.11 Å². The number of benzene rings is 1. The largest absolute Gasteiger partial charge is 0.507 e. The zero-order valence-electron chi connectivity index (χ0n) is 14.1. The fourth-order valence-electron chi connectivity index (χ4n) is 3.06. The van der Waals surface area contributed by atoms with E-state index < -0.39 is 5.91 Å². The number of nitrogens with one attached hydrogen (secondary N) is 1. The minimum Gasteiger partial charge on any atom is -0.507 e. The summed E-state index contributed by atoms with van der Waals surface area (Å²) in [7, 11) is 1.59. The second-order valence-corrected chi connectivity index (χ2v) is 6.23. The Morgan fingerprint density at radius 3 is 2.80 bits per heavy atom. The maximum absolute atomic E-state index is 11.6. The van der Waals surface area contributed by atoms with Gasteiger partial charge in [0.25, 0.3) is 5.91 Å². The van der Waals surface area contributed by atoms with Gasteiger partial charge in [0.1, 0.15) is 11.5 Å². The van der Waals surface area contributed by atoms with E-state index in [0.29, 0.717) is 25.1 Å². The van der Waals surface area contributed by atoms with E-state index in [4.69, 9.17) is 4.74 Å². The van der Waals surface area contributed by atoms with Crippen LogP contribution in [0.15, 0.2) is 53.6 Å². The van der Waals surface area contributed by atoms with Gasteiger partial charge in [-0.05, 0) is 37.0 Å². The molecule has 5 heteroatoms. The summed E-state index contributed by atoms with van der Waals surface area (Å²) in [6.07, 6.45) is 7.96. The van der Waals surface area contributed by atoms with E-state index in [1.54, 1.807) is 13.2 Å². The minimum absolute atomic E-state index is 0.219. The van der Waals surface area contributed by atoms with Crippen molar-refractivity contribution in [1.82, 2.24) is 5.32 Å². The molecule has 1 saturated heterocycles. The van der Waals surface area contributed by atoms with Gasteiger partial charge in [0, 0.05) is 18.0 Å². The van der Waals surface area contributed by atoms with Crippen LogP contribution in [0, 0.1) is 5.92 Å². The molecule has 5 nitrogen and oxygen atoms in total. The molecular weight excluding hydrogens is 318 g/mol. The Morgan fingerprint density at radius 2 is 2.16 bits per heavy atom. The molecule has 2 aliphatic rings. The highest BCUT2D eigenvalue weighted by Crippen LogP contribution is 2.28. The average molecular weight is 339 g/mol. The molecule has 1 unspecified atom stereocenters. The normalized spacial score (nSPS) is 21.8. The highest BCUT2D eigenvalue weighted by Gasteiger charge is 2.31. The summed E-state index contributed by atoms with van der Waals surface area (Å²) in [6.45, 7) is 0.441. The van der Waals surface area contributed by atoms with E-state index in [1.165, 1.54) is 0 Å². The van der Waals surface area contributed by atoms with Crippen molar-refractivity contribution in [2.45, 2.75) is 19.3 Å². The lowest BCUT2D eigenvalue weighted by Crippen LogP contribution is -2.18. The summed E-state index contributed by atoms with van der Waals surface area (Å²) < 4.78 is 5.19. The Hall–Kier alpha value is -2.82. The summed E-state index contributed by atoms with van der Waals surface area (Å²) in [5.74, 6) is -0.0524. The van der Waals surface area contributed by atoms with Crippen LogP contribution in [0.5, 0.6) is 5.75 Å². The lowest BCUT2D eigenvalue weighted by Gasteiger charge is -2.13. The maximum atomic E-state index is 11.6. The van der Waals surface area contributed by atoms with Gasteiger partial charge < -0.3 is 15.2 Å². The summed E-state index contributed by atoms with van der Waals surface area (Å²) in [6, 6.07) is 7.31. The van der Waals surface area contributed by atoms with Gasteiger partial charge in [0.2, 0.25) is 5.78 Å². The molecule has 1 aliphatic carbocycles. The SMILES string of the molecule is COc1cccc(C(O)=C2C=CC(CCC3CNC(=O)C3=O)=CC2)c1. The molecule has 25 heavy (non-hydrogen) atoms. The summed E-state index contributed by atoms with van der Waals surface area (Å²) in [5.41, 5.74) is 2.68. The molecule has 1 aromatic carbocycles. The Bertz CT molecular complexity index is 789. The third-order valence-corrected chi connectivity index (χ3v) is 4.62. The number of rotatable bonds is 5. The van der Waals surface area contributed by atoms with Crippen molar-refractivity contribution in [3.63, 3.8) is 0 Å². The van der Waals surface area contributed by atoms with Crippen LogP contribution in [0.2, 0.25) is 0 Å². The third kappa shape index (κ3) is 3.82. The van der Waals surface area contributed by atoms with Gasteiger partial charge in [-0.1, -0.05) is 35.9 Å². The van der Waals surface area contributed by atoms with Crippen molar-refractivity contribution in [2.75, 3.05) is 13.7 Å². The number of carbonyl (C=O) groups excluding carboxylic acids is 2. The molecule has 130 valence electrons. The fraction of sp³-hybridized carbons (Fsp3) is 0.300. The summed E-state index contributed by atoms with van der Waals surface area (Å²) >= 11 is 0. The van der Waals surface area contributed by atoms with Gasteiger partial charge in [-0.25, -0.2) is 0 Å². The topological polar surface area (TPSA) is 75.6 Å². The fourth-order valence-corrected chi connectivity index (χ4v) is 3.06. The molecule has 1 fully saturated rings. The van der Waals surface area contributed by atoms with E-state index in [1.807, 2.05) is 30.4 Å². The molecule has 2 N–H and O–H groups in total. The van der Waals surface area contributed by atoms with Crippen LogP contribution >= 0.6 is 0 Å². The number of hydrogen-bond donors (Lipinski definition) is 2. The second-order valence-electron chi connectivity index (χ2n) is 6.23. The molecule has 0 aromatic heterocycles. The number of aliphatic hydroxyl groups is 1. The predicted molar refractivity (Wildman–Crippen MR) is 95.1 cm³/mol. The minimum atomic E-state index is -0.466. The molecule has 0 saturated carbocycles. The smallest absolute Gasteiger partial charge is 0.287 e. The number of methoxy groups -OCH3 is 1. The Labute approximate surface area is 146 Å². The first-order chi connectivity index (χ1) is 12.1. The van der Waals surface area contributed by atoms with Crippen molar-refractivity contribution in [3.8, 4) is 5.75 Å². The first-order valence-corrected chi connectivity index (χ1v) is 8.34. The highest BCUT2D eigenvalue weighted by atomic mass is 16.5. The number of aliphatic hydroxyl groups excluding tert-OH is 1. The zero-order valence-corrected chi connectivity index (χ0v) is 14.1. The van der Waals surface area contributed by atoms with Gasteiger partial charge in [-0.15, -0.1) is 0 Å². The number of hydrogen-bond acceptors (Lipinski definition) is 4. The second kappa shape index (κ2) is 7.38. The van der Waals surface area contributed by atoms with Crippen molar-refractivity contribution in [1.29, 1.82) is 0 Å².